The molecule has 74 valence electrons. The van der Waals surface area contributed by atoms with E-state index in [1.807, 2.05) is 19.9 Å². The first-order valence-electron chi connectivity index (χ1n) is 4.39. The van der Waals surface area contributed by atoms with Gasteiger partial charge in [-0.3, -0.25) is 0 Å². The van der Waals surface area contributed by atoms with Gasteiger partial charge < -0.3 is 10.8 Å². The van der Waals surface area contributed by atoms with E-state index < -0.39 is 0 Å². The third-order valence-electron chi connectivity index (χ3n) is 2.54. The van der Waals surface area contributed by atoms with E-state index >= 15 is 0 Å². The van der Waals surface area contributed by atoms with Crippen LogP contribution in [0.15, 0.2) is 6.07 Å². The van der Waals surface area contributed by atoms with Gasteiger partial charge in [0.2, 0.25) is 0 Å². The molecule has 0 atom stereocenters. The van der Waals surface area contributed by atoms with Crippen LogP contribution in [0.5, 0.6) is 0 Å². The minimum absolute atomic E-state index is 0.0699. The molecule has 0 aliphatic rings. The summed E-state index contributed by atoms with van der Waals surface area (Å²) < 4.78 is 1.05. The van der Waals surface area contributed by atoms with Crippen LogP contribution in [-0.4, -0.2) is 10.1 Å². The van der Waals surface area contributed by atoms with Crippen LogP contribution in [0.25, 0.3) is 10.2 Å². The Hall–Kier alpha value is -1.13. The minimum Gasteiger partial charge on any atom is -0.392 e. The number of benzene rings is 1. The number of thiazole rings is 1. The van der Waals surface area contributed by atoms with Crippen LogP contribution >= 0.6 is 11.3 Å². The summed E-state index contributed by atoms with van der Waals surface area (Å²) in [6.45, 7) is 4.08. The lowest BCUT2D eigenvalue weighted by molar-refractivity contribution is 0.281. The molecule has 2 rings (SSSR count). The quantitative estimate of drug-likeness (QED) is 0.753. The van der Waals surface area contributed by atoms with Gasteiger partial charge in [-0.2, -0.15) is 0 Å². The molecular weight excluding hydrogens is 196 g/mol. The highest BCUT2D eigenvalue weighted by Gasteiger charge is 2.09. The summed E-state index contributed by atoms with van der Waals surface area (Å²) in [5.41, 5.74) is 9.78. The smallest absolute Gasteiger partial charge is 0.181 e. The SMILES string of the molecule is Cc1c(CO)cc2sc(N)nc2c1C. The maximum Gasteiger partial charge on any atom is 0.181 e. The van der Waals surface area contributed by atoms with E-state index in [1.54, 1.807) is 0 Å². The summed E-state index contributed by atoms with van der Waals surface area (Å²) in [5, 5.41) is 9.74. The summed E-state index contributed by atoms with van der Waals surface area (Å²) in [6, 6.07) is 1.96. The molecule has 0 amide bonds. The Balaban J connectivity index is 2.84. The number of nitrogens with two attached hydrogens (primary N) is 1. The summed E-state index contributed by atoms with van der Waals surface area (Å²) in [5.74, 6) is 0. The first-order chi connectivity index (χ1) is 6.63. The average Bonchev–Trinajstić information content (AvgIpc) is 2.52. The molecule has 0 unspecified atom stereocenters. The Labute approximate surface area is 86.2 Å². The van der Waals surface area contributed by atoms with Gasteiger partial charge in [-0.25, -0.2) is 4.98 Å². The lowest BCUT2D eigenvalue weighted by Gasteiger charge is -2.06. The van der Waals surface area contributed by atoms with Crippen LogP contribution in [0.2, 0.25) is 0 Å². The molecule has 1 aromatic carbocycles. The maximum atomic E-state index is 9.16. The van der Waals surface area contributed by atoms with Crippen LogP contribution in [0, 0.1) is 13.8 Å². The van der Waals surface area contributed by atoms with Crippen molar-refractivity contribution in [1.29, 1.82) is 0 Å². The number of fused-ring (bicyclic) bond motifs is 1. The number of hydrogen-bond donors (Lipinski definition) is 2. The number of aliphatic hydroxyl groups is 1. The zero-order valence-corrected chi connectivity index (χ0v) is 8.98. The lowest BCUT2D eigenvalue weighted by atomic mass is 10.0. The van der Waals surface area contributed by atoms with E-state index in [1.165, 1.54) is 11.3 Å². The zero-order chi connectivity index (χ0) is 10.3. The highest BCUT2D eigenvalue weighted by Crippen LogP contribution is 2.30. The molecule has 3 nitrogen and oxygen atoms in total. The predicted molar refractivity (Wildman–Crippen MR) is 59.4 cm³/mol. The monoisotopic (exact) mass is 208 g/mol. The van der Waals surface area contributed by atoms with Crippen molar-refractivity contribution in [3.63, 3.8) is 0 Å². The third-order valence-corrected chi connectivity index (χ3v) is 3.38. The maximum absolute atomic E-state index is 9.16. The Bertz CT molecular complexity index is 490. The molecule has 0 radical (unpaired) electrons. The minimum atomic E-state index is 0.0699. The molecule has 1 aromatic heterocycles. The number of nitrogens with zero attached hydrogens (tertiary/aromatic N) is 1. The first-order valence-corrected chi connectivity index (χ1v) is 5.21. The second-order valence-corrected chi connectivity index (χ2v) is 4.40. The molecule has 0 spiro atoms. The molecule has 1 heterocycles. The number of aryl methyl sites for hydroxylation is 1. The topological polar surface area (TPSA) is 59.1 Å². The van der Waals surface area contributed by atoms with Crippen molar-refractivity contribution in [3.05, 3.63) is 22.8 Å². The molecule has 0 fully saturated rings. The van der Waals surface area contributed by atoms with E-state index in [0.717, 1.165) is 26.9 Å². The van der Waals surface area contributed by atoms with Gasteiger partial charge in [0.25, 0.3) is 0 Å². The van der Waals surface area contributed by atoms with Gasteiger partial charge >= 0.3 is 0 Å². The van der Waals surface area contributed by atoms with E-state index in [-0.39, 0.29) is 6.61 Å². The lowest BCUT2D eigenvalue weighted by Crippen LogP contribution is -1.92. The van der Waals surface area contributed by atoms with Gasteiger partial charge in [0.1, 0.15) is 0 Å². The third kappa shape index (κ3) is 1.27. The highest BCUT2D eigenvalue weighted by molar-refractivity contribution is 7.22. The van der Waals surface area contributed by atoms with Crippen LogP contribution in [-0.2, 0) is 6.61 Å². The fourth-order valence-electron chi connectivity index (χ4n) is 1.56. The van der Waals surface area contributed by atoms with Crippen LogP contribution in [0.3, 0.4) is 0 Å². The molecule has 0 aliphatic heterocycles. The standard InChI is InChI=1S/C10H12N2OS/c1-5-6(2)9-8(3-7(5)4-13)14-10(11)12-9/h3,13H,4H2,1-2H3,(H2,11,12). The van der Waals surface area contributed by atoms with E-state index in [4.69, 9.17) is 10.8 Å². The Morgan fingerprint density at radius 2 is 2.14 bits per heavy atom. The number of anilines is 1. The summed E-state index contributed by atoms with van der Waals surface area (Å²) in [6.07, 6.45) is 0. The van der Waals surface area contributed by atoms with Crippen LogP contribution < -0.4 is 5.73 Å². The van der Waals surface area contributed by atoms with Crippen molar-refractivity contribution < 1.29 is 5.11 Å². The van der Waals surface area contributed by atoms with E-state index in [9.17, 15) is 0 Å². The van der Waals surface area contributed by atoms with Crippen molar-refractivity contribution in [1.82, 2.24) is 4.98 Å². The Morgan fingerprint density at radius 3 is 2.79 bits per heavy atom. The van der Waals surface area contributed by atoms with Crippen LogP contribution in [0.1, 0.15) is 16.7 Å². The number of aromatic nitrogens is 1. The fourth-order valence-corrected chi connectivity index (χ4v) is 2.42. The van der Waals surface area contributed by atoms with E-state index in [2.05, 4.69) is 4.98 Å². The molecular formula is C10H12N2OS. The van der Waals surface area contributed by atoms with Gasteiger partial charge in [0.05, 0.1) is 16.8 Å². The van der Waals surface area contributed by atoms with Gasteiger partial charge in [0, 0.05) is 0 Å². The van der Waals surface area contributed by atoms with Gasteiger partial charge in [-0.1, -0.05) is 11.3 Å². The average molecular weight is 208 g/mol. The first kappa shape index (κ1) is 9.43. The van der Waals surface area contributed by atoms with Crippen molar-refractivity contribution in [2.75, 3.05) is 5.73 Å². The highest BCUT2D eigenvalue weighted by atomic mass is 32.1. The molecule has 0 saturated carbocycles. The zero-order valence-electron chi connectivity index (χ0n) is 8.16. The molecule has 3 N–H and O–H groups in total. The molecule has 0 aliphatic carbocycles. The largest absolute Gasteiger partial charge is 0.392 e. The number of aliphatic hydroxyl groups excluding tert-OH is 1. The van der Waals surface area contributed by atoms with Crippen molar-refractivity contribution in [2.45, 2.75) is 20.5 Å². The van der Waals surface area contributed by atoms with Gasteiger partial charge in [-0.15, -0.1) is 0 Å². The van der Waals surface area contributed by atoms with Crippen molar-refractivity contribution >= 4 is 26.7 Å². The molecule has 14 heavy (non-hydrogen) atoms. The molecule has 4 heteroatoms. The van der Waals surface area contributed by atoms with E-state index in [0.29, 0.717) is 5.13 Å². The summed E-state index contributed by atoms with van der Waals surface area (Å²) in [4.78, 5) is 4.26. The van der Waals surface area contributed by atoms with Gasteiger partial charge in [0.15, 0.2) is 5.13 Å². The van der Waals surface area contributed by atoms with Gasteiger partial charge in [-0.05, 0) is 36.6 Å². The van der Waals surface area contributed by atoms with Crippen LogP contribution in [0.4, 0.5) is 5.13 Å². The second kappa shape index (κ2) is 3.22. The predicted octanol–water partition coefficient (Wildman–Crippen LogP) is 1.99. The molecule has 2 aromatic rings. The summed E-state index contributed by atoms with van der Waals surface area (Å²) >= 11 is 1.46. The van der Waals surface area contributed by atoms with Crippen molar-refractivity contribution in [2.24, 2.45) is 0 Å². The fraction of sp³-hybridized carbons (Fsp3) is 0.300. The normalized spacial score (nSPS) is 11.1. The number of hydrogen-bond acceptors (Lipinski definition) is 4. The van der Waals surface area contributed by atoms with Crippen molar-refractivity contribution in [3.8, 4) is 0 Å². The Kier molecular flexibility index (Phi) is 2.17. The number of nitrogen functional groups attached to an aromatic ring is 1. The molecule has 0 bridgehead atoms. The Morgan fingerprint density at radius 1 is 1.43 bits per heavy atom. The number of rotatable bonds is 1. The molecule has 0 saturated heterocycles. The summed E-state index contributed by atoms with van der Waals surface area (Å²) in [7, 11) is 0. The second-order valence-electron chi connectivity index (χ2n) is 3.34.